The van der Waals surface area contributed by atoms with Crippen molar-refractivity contribution >= 4 is 32.0 Å². The van der Waals surface area contributed by atoms with Crippen LogP contribution in [0.15, 0.2) is 91.0 Å². The molecule has 3 aromatic carbocycles. The molecule has 10 heteroatoms. The third-order valence-electron chi connectivity index (χ3n) is 4.70. The van der Waals surface area contributed by atoms with Crippen molar-refractivity contribution in [2.24, 2.45) is 0 Å². The van der Waals surface area contributed by atoms with Gasteiger partial charge in [0, 0.05) is 10.7 Å². The maximum absolute atomic E-state index is 11.3. The first-order valence-corrected chi connectivity index (χ1v) is 13.4. The lowest BCUT2D eigenvalue weighted by atomic mass is 9.98. The standard InChI is InChI=1S/C10H12ClNO4S.C9H12O.C8H8O2/c1-10(2,8-6-4-3-5-7-8)16-9(13)12-17(11,14)15;1-9(2,10)8-6-4-3-5-7-8;1-10-8(9)7-5-3-2-4-6-7/h3-7H,1-2H3,(H,12,13);3-7,10H,1-2H3;2-6H,1H3. The first kappa shape index (κ1) is 31.6. The number of nitrogens with one attached hydrogen (secondary N) is 1. The van der Waals surface area contributed by atoms with Crippen molar-refractivity contribution in [1.82, 2.24) is 4.72 Å². The van der Waals surface area contributed by atoms with E-state index in [-0.39, 0.29) is 5.97 Å². The lowest BCUT2D eigenvalue weighted by Gasteiger charge is -2.25. The molecule has 200 valence electrons. The molecule has 0 aliphatic rings. The highest BCUT2D eigenvalue weighted by Crippen LogP contribution is 2.24. The van der Waals surface area contributed by atoms with Gasteiger partial charge in [-0.2, -0.15) is 8.42 Å². The average molecular weight is 550 g/mol. The van der Waals surface area contributed by atoms with E-state index in [1.54, 1.807) is 76.2 Å². The molecule has 0 fully saturated rings. The Morgan fingerprint density at radius 2 is 1.19 bits per heavy atom. The molecule has 8 nitrogen and oxygen atoms in total. The largest absolute Gasteiger partial charge is 0.465 e. The molecule has 0 unspecified atom stereocenters. The van der Waals surface area contributed by atoms with Gasteiger partial charge in [-0.25, -0.2) is 14.3 Å². The fraction of sp³-hybridized carbons (Fsp3) is 0.259. The number of halogens is 1. The molecule has 0 aliphatic carbocycles. The topological polar surface area (TPSA) is 119 Å². The van der Waals surface area contributed by atoms with Gasteiger partial charge in [0.15, 0.2) is 0 Å². The summed E-state index contributed by atoms with van der Waals surface area (Å²) in [7, 11) is 2.10. The Labute approximate surface area is 222 Å². The number of aliphatic hydroxyl groups is 1. The van der Waals surface area contributed by atoms with Crippen LogP contribution in [0.4, 0.5) is 4.79 Å². The molecule has 2 N–H and O–H groups in total. The fourth-order valence-electron chi connectivity index (χ4n) is 2.79. The van der Waals surface area contributed by atoms with E-state index in [2.05, 4.69) is 4.74 Å². The summed E-state index contributed by atoms with van der Waals surface area (Å²) in [5.41, 5.74) is 0.621. The van der Waals surface area contributed by atoms with Gasteiger partial charge in [0.05, 0.1) is 18.3 Å². The van der Waals surface area contributed by atoms with E-state index in [4.69, 9.17) is 15.4 Å². The number of amides is 1. The molecule has 0 atom stereocenters. The van der Waals surface area contributed by atoms with Gasteiger partial charge in [-0.05, 0) is 51.0 Å². The second-order valence-electron chi connectivity index (χ2n) is 8.59. The van der Waals surface area contributed by atoms with Crippen LogP contribution in [-0.4, -0.2) is 32.7 Å². The predicted octanol–water partition coefficient (Wildman–Crippen LogP) is 5.52. The van der Waals surface area contributed by atoms with Gasteiger partial charge in [-0.3, -0.25) is 0 Å². The van der Waals surface area contributed by atoms with Crippen molar-refractivity contribution in [3.05, 3.63) is 108 Å². The minimum absolute atomic E-state index is 0.291. The normalized spacial score (nSPS) is 11.0. The molecule has 0 aliphatic heterocycles. The number of carbonyl (C=O) groups excluding carboxylic acids is 2. The van der Waals surface area contributed by atoms with E-state index < -0.39 is 26.5 Å². The maximum Gasteiger partial charge on any atom is 0.422 e. The van der Waals surface area contributed by atoms with E-state index >= 15 is 0 Å². The quantitative estimate of drug-likeness (QED) is 0.318. The van der Waals surface area contributed by atoms with Crippen LogP contribution in [0.1, 0.15) is 49.2 Å². The van der Waals surface area contributed by atoms with E-state index in [1.807, 2.05) is 42.5 Å². The summed E-state index contributed by atoms with van der Waals surface area (Å²) in [5.74, 6) is -0.291. The van der Waals surface area contributed by atoms with Crippen LogP contribution < -0.4 is 4.72 Å². The van der Waals surface area contributed by atoms with Crippen LogP contribution in [0.25, 0.3) is 0 Å². The third-order valence-corrected chi connectivity index (χ3v) is 5.34. The van der Waals surface area contributed by atoms with Gasteiger partial charge in [-0.1, -0.05) is 78.9 Å². The van der Waals surface area contributed by atoms with Crippen LogP contribution in [0.2, 0.25) is 0 Å². The second-order valence-corrected chi connectivity index (χ2v) is 10.9. The molecule has 0 radical (unpaired) electrons. The first-order valence-electron chi connectivity index (χ1n) is 11.1. The van der Waals surface area contributed by atoms with E-state index in [1.165, 1.54) is 11.8 Å². The summed E-state index contributed by atoms with van der Waals surface area (Å²) in [6.07, 6.45) is -1.12. The third kappa shape index (κ3) is 12.9. The molecule has 3 aromatic rings. The number of ether oxygens (including phenoxy) is 2. The maximum atomic E-state index is 11.3. The van der Waals surface area contributed by atoms with Crippen molar-refractivity contribution < 1.29 is 32.6 Å². The minimum Gasteiger partial charge on any atom is -0.465 e. The highest BCUT2D eigenvalue weighted by molar-refractivity contribution is 8.12. The van der Waals surface area contributed by atoms with Crippen molar-refractivity contribution in [3.63, 3.8) is 0 Å². The number of hydrogen-bond acceptors (Lipinski definition) is 7. The van der Waals surface area contributed by atoms with E-state index in [0.717, 1.165) is 11.1 Å². The van der Waals surface area contributed by atoms with Crippen molar-refractivity contribution in [3.8, 4) is 0 Å². The lowest BCUT2D eigenvalue weighted by molar-refractivity contribution is 0.0405. The zero-order valence-corrected chi connectivity index (χ0v) is 22.9. The van der Waals surface area contributed by atoms with Crippen LogP contribution in [0.5, 0.6) is 0 Å². The van der Waals surface area contributed by atoms with Gasteiger partial charge in [0.25, 0.3) is 0 Å². The van der Waals surface area contributed by atoms with Crippen molar-refractivity contribution in [1.29, 1.82) is 0 Å². The van der Waals surface area contributed by atoms with Gasteiger partial charge >= 0.3 is 21.3 Å². The monoisotopic (exact) mass is 549 g/mol. The predicted molar refractivity (Wildman–Crippen MR) is 143 cm³/mol. The molecule has 0 aromatic heterocycles. The summed E-state index contributed by atoms with van der Waals surface area (Å²) < 4.78 is 32.2. The number of hydrogen-bond donors (Lipinski definition) is 2. The Hall–Kier alpha value is -3.40. The van der Waals surface area contributed by atoms with Gasteiger partial charge in [-0.15, -0.1) is 0 Å². The summed E-state index contributed by atoms with van der Waals surface area (Å²) in [5, 5.41) is 9.49. The van der Waals surface area contributed by atoms with Gasteiger partial charge in [0.2, 0.25) is 0 Å². The summed E-state index contributed by atoms with van der Waals surface area (Å²) in [6, 6.07) is 27.4. The van der Waals surface area contributed by atoms with Crippen LogP contribution in [-0.2, 0) is 29.9 Å². The summed E-state index contributed by atoms with van der Waals surface area (Å²) in [4.78, 5) is 22.0. The Kier molecular flexibility index (Phi) is 12.3. The molecule has 0 saturated heterocycles. The molecule has 0 saturated carbocycles. The van der Waals surface area contributed by atoms with E-state index in [9.17, 15) is 23.1 Å². The van der Waals surface area contributed by atoms with Gasteiger partial charge < -0.3 is 14.6 Å². The first-order chi connectivity index (χ1) is 17.2. The molecule has 0 spiro atoms. The zero-order valence-electron chi connectivity index (χ0n) is 21.3. The molecule has 3 rings (SSSR count). The Bertz CT molecular complexity index is 1210. The Morgan fingerprint density at radius 1 is 0.784 bits per heavy atom. The van der Waals surface area contributed by atoms with Crippen molar-refractivity contribution in [2.45, 2.75) is 38.9 Å². The number of methoxy groups -OCH3 is 1. The summed E-state index contributed by atoms with van der Waals surface area (Å²) in [6.45, 7) is 6.84. The molecule has 0 bridgehead atoms. The fourth-order valence-corrected chi connectivity index (χ4v) is 3.22. The zero-order chi connectivity index (χ0) is 28.1. The molecule has 37 heavy (non-hydrogen) atoms. The minimum atomic E-state index is -4.13. The smallest absolute Gasteiger partial charge is 0.422 e. The number of esters is 1. The highest BCUT2D eigenvalue weighted by atomic mass is 35.7. The van der Waals surface area contributed by atoms with Crippen LogP contribution >= 0.6 is 10.7 Å². The SMILES string of the molecule is CC(C)(O)c1ccccc1.CC(C)(OC(=O)NS(=O)(=O)Cl)c1ccccc1.COC(=O)c1ccccc1. The summed E-state index contributed by atoms with van der Waals surface area (Å²) >= 11 is 0. The Morgan fingerprint density at radius 3 is 1.54 bits per heavy atom. The molecule has 1 amide bonds. The second kappa shape index (κ2) is 14.4. The number of benzene rings is 3. The van der Waals surface area contributed by atoms with Crippen molar-refractivity contribution in [2.75, 3.05) is 7.11 Å². The average Bonchev–Trinajstić information content (AvgIpc) is 2.84. The lowest BCUT2D eigenvalue weighted by Crippen LogP contribution is -2.34. The molecular formula is C27H32ClNO7S. The number of rotatable bonds is 5. The molecule has 0 heterocycles. The van der Waals surface area contributed by atoms with Crippen LogP contribution in [0, 0.1) is 0 Å². The van der Waals surface area contributed by atoms with Crippen LogP contribution in [0.3, 0.4) is 0 Å². The Balaban J connectivity index is 0.000000294. The molecular weight excluding hydrogens is 518 g/mol. The van der Waals surface area contributed by atoms with E-state index in [0.29, 0.717) is 5.56 Å². The van der Waals surface area contributed by atoms with Gasteiger partial charge in [0.1, 0.15) is 5.60 Å². The highest BCUT2D eigenvalue weighted by Gasteiger charge is 2.26. The number of carbonyl (C=O) groups is 2.